The molecule has 4 nitrogen and oxygen atoms in total. The van der Waals surface area contributed by atoms with Gasteiger partial charge in [0.15, 0.2) is 10.9 Å². The predicted octanol–water partition coefficient (Wildman–Crippen LogP) is 3.01. The van der Waals surface area contributed by atoms with Crippen LogP contribution in [-0.4, -0.2) is 17.9 Å². The molecule has 0 aliphatic rings. The van der Waals surface area contributed by atoms with E-state index in [1.54, 1.807) is 7.05 Å². The fraction of sp³-hybridized carbons (Fsp3) is 0.167. The molecule has 0 bridgehead atoms. The van der Waals surface area contributed by atoms with Crippen molar-refractivity contribution in [2.75, 3.05) is 7.05 Å². The Bertz CT molecular complexity index is 621. The molecule has 0 fully saturated rings. The minimum atomic E-state index is 0.466. The van der Waals surface area contributed by atoms with Crippen molar-refractivity contribution < 1.29 is 4.42 Å². The molecule has 0 aliphatic heterocycles. The van der Waals surface area contributed by atoms with E-state index in [0.29, 0.717) is 5.11 Å². The molecule has 0 amide bonds. The highest BCUT2D eigenvalue weighted by atomic mass is 79.9. The Hall–Kier alpha value is -1.40. The van der Waals surface area contributed by atoms with Crippen molar-refractivity contribution in [1.29, 1.82) is 0 Å². The van der Waals surface area contributed by atoms with Crippen LogP contribution in [0.1, 0.15) is 12.7 Å². The normalized spacial score (nSPS) is 11.6. The van der Waals surface area contributed by atoms with Crippen molar-refractivity contribution in [3.8, 4) is 0 Å². The number of halogens is 1. The summed E-state index contributed by atoms with van der Waals surface area (Å²) in [6.07, 6.45) is 0. The average molecular weight is 326 g/mol. The number of hydrogen-bond donors (Lipinski definition) is 2. The molecule has 1 aromatic heterocycles. The van der Waals surface area contributed by atoms with E-state index in [1.165, 1.54) is 0 Å². The van der Waals surface area contributed by atoms with Gasteiger partial charge in [0.2, 0.25) is 0 Å². The molecule has 0 radical (unpaired) electrons. The van der Waals surface area contributed by atoms with E-state index >= 15 is 0 Å². The van der Waals surface area contributed by atoms with E-state index in [0.717, 1.165) is 26.9 Å². The van der Waals surface area contributed by atoms with E-state index in [2.05, 4.69) is 31.8 Å². The Balaban J connectivity index is 2.28. The fourth-order valence-electron chi connectivity index (χ4n) is 1.44. The quantitative estimate of drug-likeness (QED) is 0.506. The summed E-state index contributed by atoms with van der Waals surface area (Å²) in [5.74, 6) is 0.717. The molecule has 0 unspecified atom stereocenters. The van der Waals surface area contributed by atoms with E-state index in [4.69, 9.17) is 16.6 Å². The smallest absolute Gasteiger partial charge is 0.186 e. The largest absolute Gasteiger partial charge is 0.455 e. The minimum absolute atomic E-state index is 0.466. The number of thiocarbonyl (C=S) groups is 1. The lowest BCUT2D eigenvalue weighted by Crippen LogP contribution is -2.29. The maximum absolute atomic E-state index is 5.70. The summed E-state index contributed by atoms with van der Waals surface area (Å²) in [6, 6.07) is 7.81. The van der Waals surface area contributed by atoms with Crippen LogP contribution >= 0.6 is 28.1 Å². The Morgan fingerprint density at radius 2 is 2.17 bits per heavy atom. The summed E-state index contributed by atoms with van der Waals surface area (Å²) in [6.45, 7) is 1.86. The van der Waals surface area contributed by atoms with E-state index in [-0.39, 0.29) is 0 Å². The van der Waals surface area contributed by atoms with Gasteiger partial charge in [-0.25, -0.2) is 0 Å². The third kappa shape index (κ3) is 2.88. The van der Waals surface area contributed by atoms with Crippen LogP contribution in [-0.2, 0) is 0 Å². The van der Waals surface area contributed by atoms with Gasteiger partial charge in [0.25, 0.3) is 0 Å². The predicted molar refractivity (Wildman–Crippen MR) is 80.9 cm³/mol. The van der Waals surface area contributed by atoms with Crippen LogP contribution in [0.25, 0.3) is 11.0 Å². The molecule has 0 spiro atoms. The number of hydrazone groups is 1. The fourth-order valence-corrected chi connectivity index (χ4v) is 1.86. The summed E-state index contributed by atoms with van der Waals surface area (Å²) in [5.41, 5.74) is 4.29. The molecule has 6 heteroatoms. The molecule has 0 atom stereocenters. The zero-order chi connectivity index (χ0) is 13.1. The van der Waals surface area contributed by atoms with E-state index < -0.39 is 0 Å². The highest BCUT2D eigenvalue weighted by molar-refractivity contribution is 9.10. The molecule has 2 aromatic rings. The zero-order valence-corrected chi connectivity index (χ0v) is 12.4. The Kier molecular flexibility index (Phi) is 3.98. The first kappa shape index (κ1) is 13.0. The Labute approximate surface area is 119 Å². The molecule has 1 aromatic carbocycles. The molecule has 0 saturated carbocycles. The lowest BCUT2D eigenvalue weighted by molar-refractivity contribution is 0.603. The second kappa shape index (κ2) is 5.49. The number of hydrogen-bond acceptors (Lipinski definition) is 3. The van der Waals surface area contributed by atoms with Gasteiger partial charge in [-0.15, -0.1) is 0 Å². The maximum atomic E-state index is 5.70. The first-order valence-corrected chi connectivity index (χ1v) is 6.52. The Morgan fingerprint density at radius 1 is 1.39 bits per heavy atom. The van der Waals surface area contributed by atoms with Gasteiger partial charge in [-0.05, 0) is 43.4 Å². The van der Waals surface area contributed by atoms with E-state index in [9.17, 15) is 0 Å². The van der Waals surface area contributed by atoms with E-state index in [1.807, 2.05) is 31.2 Å². The van der Waals surface area contributed by atoms with Crippen LogP contribution < -0.4 is 10.7 Å². The van der Waals surface area contributed by atoms with Gasteiger partial charge in [0.1, 0.15) is 11.3 Å². The molecular weight excluding hydrogens is 314 g/mol. The number of fused-ring (bicyclic) bond motifs is 1. The topological polar surface area (TPSA) is 49.6 Å². The summed E-state index contributed by atoms with van der Waals surface area (Å²) in [7, 11) is 1.74. The van der Waals surface area contributed by atoms with Crippen molar-refractivity contribution in [3.63, 3.8) is 0 Å². The first-order chi connectivity index (χ1) is 8.60. The maximum Gasteiger partial charge on any atom is 0.186 e. The summed E-state index contributed by atoms with van der Waals surface area (Å²) in [4.78, 5) is 0. The summed E-state index contributed by atoms with van der Waals surface area (Å²) in [5, 5.41) is 8.42. The molecule has 2 N–H and O–H groups in total. The molecule has 18 heavy (non-hydrogen) atoms. The third-order valence-corrected chi connectivity index (χ3v) is 3.18. The molecule has 0 saturated heterocycles. The first-order valence-electron chi connectivity index (χ1n) is 5.31. The standard InChI is InChI=1S/C12H12BrN3OS/c1-7(15-16-12(18)14-2)11-6-8-5-9(13)3-4-10(8)17-11/h3-6H,1-2H3,(H2,14,16,18)/b15-7-. The third-order valence-electron chi connectivity index (χ3n) is 2.39. The Morgan fingerprint density at radius 3 is 2.89 bits per heavy atom. The molecule has 0 aliphatic carbocycles. The van der Waals surface area contributed by atoms with Gasteiger partial charge in [0, 0.05) is 16.9 Å². The molecule has 1 heterocycles. The highest BCUT2D eigenvalue weighted by Crippen LogP contribution is 2.23. The lowest BCUT2D eigenvalue weighted by Gasteiger charge is -2.01. The van der Waals surface area contributed by atoms with Gasteiger partial charge in [-0.3, -0.25) is 5.43 Å². The van der Waals surface area contributed by atoms with Crippen molar-refractivity contribution in [3.05, 3.63) is 34.5 Å². The van der Waals surface area contributed by atoms with Gasteiger partial charge < -0.3 is 9.73 Å². The number of benzene rings is 1. The lowest BCUT2D eigenvalue weighted by atomic mass is 10.2. The van der Waals surface area contributed by atoms with Gasteiger partial charge in [-0.1, -0.05) is 15.9 Å². The van der Waals surface area contributed by atoms with Crippen LogP contribution in [0.5, 0.6) is 0 Å². The second-order valence-corrected chi connectivity index (χ2v) is 5.00. The zero-order valence-electron chi connectivity index (χ0n) is 9.95. The average Bonchev–Trinajstić information content (AvgIpc) is 2.78. The van der Waals surface area contributed by atoms with Crippen molar-refractivity contribution in [2.24, 2.45) is 5.10 Å². The van der Waals surface area contributed by atoms with Gasteiger partial charge in [-0.2, -0.15) is 5.10 Å². The second-order valence-electron chi connectivity index (χ2n) is 3.68. The number of nitrogens with zero attached hydrogens (tertiary/aromatic N) is 1. The summed E-state index contributed by atoms with van der Waals surface area (Å²) < 4.78 is 6.72. The van der Waals surface area contributed by atoms with Crippen LogP contribution in [0.2, 0.25) is 0 Å². The van der Waals surface area contributed by atoms with Crippen LogP contribution in [0.4, 0.5) is 0 Å². The SMILES string of the molecule is CNC(=S)N/N=C(/C)c1cc2cc(Br)ccc2o1. The number of furan rings is 1. The van der Waals surface area contributed by atoms with Crippen molar-refractivity contribution in [1.82, 2.24) is 10.7 Å². The van der Waals surface area contributed by atoms with Crippen molar-refractivity contribution >= 4 is 49.9 Å². The molecule has 94 valence electrons. The number of rotatable bonds is 2. The van der Waals surface area contributed by atoms with Gasteiger partial charge in [0.05, 0.1) is 0 Å². The minimum Gasteiger partial charge on any atom is -0.455 e. The number of nitrogens with one attached hydrogen (secondary N) is 2. The van der Waals surface area contributed by atoms with Crippen LogP contribution in [0.15, 0.2) is 38.3 Å². The summed E-state index contributed by atoms with van der Waals surface area (Å²) >= 11 is 8.37. The highest BCUT2D eigenvalue weighted by Gasteiger charge is 2.07. The molecule has 2 rings (SSSR count). The van der Waals surface area contributed by atoms with Gasteiger partial charge >= 0.3 is 0 Å². The monoisotopic (exact) mass is 325 g/mol. The van der Waals surface area contributed by atoms with Crippen LogP contribution in [0.3, 0.4) is 0 Å². The van der Waals surface area contributed by atoms with Crippen molar-refractivity contribution in [2.45, 2.75) is 6.92 Å². The molecular formula is C12H12BrN3OS. The van der Waals surface area contributed by atoms with Crippen LogP contribution in [0, 0.1) is 0 Å².